The largest absolute Gasteiger partial charge is 0.497 e. The molecule has 3 aliphatic heterocycles. The van der Waals surface area contributed by atoms with Gasteiger partial charge < -0.3 is 29.1 Å². The number of likely N-dealkylation sites (tertiary alicyclic amines) is 3. The predicted molar refractivity (Wildman–Crippen MR) is 167 cm³/mol. The van der Waals surface area contributed by atoms with E-state index >= 15 is 0 Å². The molecule has 43 heavy (non-hydrogen) atoms. The van der Waals surface area contributed by atoms with Crippen LogP contribution in [-0.4, -0.2) is 99.0 Å². The van der Waals surface area contributed by atoms with Crippen LogP contribution in [0.5, 0.6) is 11.5 Å². The molecule has 2 atom stereocenters. The van der Waals surface area contributed by atoms with Crippen LogP contribution in [0, 0.1) is 24.7 Å². The lowest BCUT2D eigenvalue weighted by Crippen LogP contribution is -2.44. The van der Waals surface area contributed by atoms with Crippen LogP contribution >= 0.6 is 11.6 Å². The van der Waals surface area contributed by atoms with Gasteiger partial charge in [-0.2, -0.15) is 0 Å². The van der Waals surface area contributed by atoms with Crippen LogP contribution < -0.4 is 14.4 Å². The first kappa shape index (κ1) is 31.1. The summed E-state index contributed by atoms with van der Waals surface area (Å²) in [5.41, 5.74) is 2.37. The van der Waals surface area contributed by atoms with E-state index in [4.69, 9.17) is 21.1 Å². The molecule has 5 rings (SSSR count). The minimum Gasteiger partial charge on any atom is -0.497 e. The molecular weight excluding hydrogens is 568 g/mol. The number of nitrogens with zero attached hydrogens (tertiary/aromatic N) is 4. The van der Waals surface area contributed by atoms with Gasteiger partial charge >= 0.3 is 0 Å². The van der Waals surface area contributed by atoms with Crippen LogP contribution in [0.1, 0.15) is 42.1 Å². The highest BCUT2D eigenvalue weighted by atomic mass is 35.5. The smallest absolute Gasteiger partial charge is 0.257 e. The van der Waals surface area contributed by atoms with Crippen LogP contribution in [0.15, 0.2) is 36.4 Å². The second-order valence-electron chi connectivity index (χ2n) is 12.1. The molecule has 0 N–H and O–H groups in total. The fraction of sp³-hybridized carbons (Fsp3) is 0.545. The summed E-state index contributed by atoms with van der Waals surface area (Å²) in [6, 6.07) is 11.2. The molecule has 0 spiro atoms. The summed E-state index contributed by atoms with van der Waals surface area (Å²) in [4.78, 5) is 47.0. The van der Waals surface area contributed by atoms with E-state index in [0.717, 1.165) is 50.4 Å². The van der Waals surface area contributed by atoms with E-state index in [1.165, 1.54) is 0 Å². The number of piperidine rings is 1. The quantitative estimate of drug-likeness (QED) is 0.420. The van der Waals surface area contributed by atoms with Gasteiger partial charge in [0.05, 0.1) is 19.8 Å². The molecule has 3 heterocycles. The lowest BCUT2D eigenvalue weighted by molar-refractivity contribution is -0.133. The number of ether oxygens (including phenoxy) is 2. The van der Waals surface area contributed by atoms with E-state index in [-0.39, 0.29) is 23.6 Å². The third-order valence-corrected chi connectivity index (χ3v) is 9.77. The lowest BCUT2D eigenvalue weighted by atomic mass is 9.94. The van der Waals surface area contributed by atoms with Crippen molar-refractivity contribution in [1.29, 1.82) is 0 Å². The first-order valence-corrected chi connectivity index (χ1v) is 15.6. The number of rotatable bonds is 9. The van der Waals surface area contributed by atoms with Gasteiger partial charge in [0.2, 0.25) is 11.8 Å². The third-order valence-electron chi connectivity index (χ3n) is 9.37. The Morgan fingerprint density at radius 3 is 2.23 bits per heavy atom. The Kier molecular flexibility index (Phi) is 9.82. The second kappa shape index (κ2) is 13.6. The number of carbonyl (C=O) groups is 3. The molecule has 2 unspecified atom stereocenters. The van der Waals surface area contributed by atoms with Crippen molar-refractivity contribution < 1.29 is 23.9 Å². The summed E-state index contributed by atoms with van der Waals surface area (Å²) in [6.45, 7) is 9.65. The number of hydrogen-bond donors (Lipinski definition) is 0. The van der Waals surface area contributed by atoms with Crippen LogP contribution in [0.4, 0.5) is 5.69 Å². The first-order valence-electron chi connectivity index (χ1n) is 15.2. The number of hydrogen-bond acceptors (Lipinski definition) is 6. The van der Waals surface area contributed by atoms with E-state index < -0.39 is 0 Å². The van der Waals surface area contributed by atoms with Crippen molar-refractivity contribution in [3.63, 3.8) is 0 Å². The average molecular weight is 611 g/mol. The third kappa shape index (κ3) is 6.93. The molecule has 3 fully saturated rings. The standard InChI is InChI=1S/C33H43ClN4O5/c1-22-6-7-27(16-30(22)34)38(32(40)24-10-14-36(15-11-24)23(2)39)13-5-12-35-18-25-20-37(21-26(25)19-35)33(41)29-9-8-28(42-3)17-31(29)43-4/h6-9,16-17,24-26H,5,10-15,18-21H2,1-4H3. The fourth-order valence-corrected chi connectivity index (χ4v) is 6.99. The molecule has 10 heteroatoms. The van der Waals surface area contributed by atoms with E-state index in [0.29, 0.717) is 66.4 Å². The van der Waals surface area contributed by atoms with Gasteiger partial charge in [0, 0.05) is 75.4 Å². The van der Waals surface area contributed by atoms with Gasteiger partial charge in [-0.3, -0.25) is 14.4 Å². The maximum Gasteiger partial charge on any atom is 0.257 e. The van der Waals surface area contributed by atoms with Crippen molar-refractivity contribution in [1.82, 2.24) is 14.7 Å². The first-order chi connectivity index (χ1) is 20.7. The van der Waals surface area contributed by atoms with Crippen LogP contribution in [0.25, 0.3) is 0 Å². The van der Waals surface area contributed by atoms with Gasteiger partial charge in [0.25, 0.3) is 5.91 Å². The van der Waals surface area contributed by atoms with E-state index in [1.54, 1.807) is 39.3 Å². The monoisotopic (exact) mass is 610 g/mol. The van der Waals surface area contributed by atoms with Crippen molar-refractivity contribution >= 4 is 35.0 Å². The van der Waals surface area contributed by atoms with Crippen LogP contribution in [0.2, 0.25) is 5.02 Å². The maximum absolute atomic E-state index is 13.8. The van der Waals surface area contributed by atoms with Gasteiger partial charge in [-0.25, -0.2) is 0 Å². The Morgan fingerprint density at radius 2 is 1.63 bits per heavy atom. The molecule has 3 saturated heterocycles. The Labute approximate surface area is 259 Å². The molecule has 2 aromatic carbocycles. The van der Waals surface area contributed by atoms with Crippen LogP contribution in [0.3, 0.4) is 0 Å². The van der Waals surface area contributed by atoms with Crippen molar-refractivity contribution in [3.05, 3.63) is 52.5 Å². The molecule has 0 aromatic heterocycles. The molecular formula is C33H43ClN4O5. The number of benzene rings is 2. The zero-order valence-corrected chi connectivity index (χ0v) is 26.4. The number of fused-ring (bicyclic) bond motifs is 1. The Balaban J connectivity index is 1.16. The van der Waals surface area contributed by atoms with Crippen molar-refractivity contribution in [3.8, 4) is 11.5 Å². The second-order valence-corrected chi connectivity index (χ2v) is 12.5. The predicted octanol–water partition coefficient (Wildman–Crippen LogP) is 4.35. The molecule has 0 bridgehead atoms. The van der Waals surface area contributed by atoms with Crippen molar-refractivity contribution in [2.24, 2.45) is 17.8 Å². The van der Waals surface area contributed by atoms with Gasteiger partial charge in [0.1, 0.15) is 11.5 Å². The highest BCUT2D eigenvalue weighted by molar-refractivity contribution is 6.31. The number of halogens is 1. The normalized spacial score (nSPS) is 20.7. The molecule has 9 nitrogen and oxygen atoms in total. The molecule has 0 radical (unpaired) electrons. The van der Waals surface area contributed by atoms with Gasteiger partial charge in [-0.05, 0) is 74.4 Å². The summed E-state index contributed by atoms with van der Waals surface area (Å²) in [7, 11) is 3.17. The highest BCUT2D eigenvalue weighted by Gasteiger charge is 2.42. The summed E-state index contributed by atoms with van der Waals surface area (Å²) >= 11 is 6.47. The molecule has 232 valence electrons. The van der Waals surface area contributed by atoms with Crippen LogP contribution in [-0.2, 0) is 9.59 Å². The number of methoxy groups -OCH3 is 2. The Morgan fingerprint density at radius 1 is 0.930 bits per heavy atom. The fourth-order valence-electron chi connectivity index (χ4n) is 6.81. The minimum absolute atomic E-state index is 0.000465. The molecule has 3 amide bonds. The summed E-state index contributed by atoms with van der Waals surface area (Å²) in [5.74, 6) is 2.14. The number of aryl methyl sites for hydroxylation is 1. The zero-order chi connectivity index (χ0) is 30.7. The average Bonchev–Trinajstić information content (AvgIpc) is 3.59. The van der Waals surface area contributed by atoms with E-state index in [9.17, 15) is 14.4 Å². The summed E-state index contributed by atoms with van der Waals surface area (Å²) < 4.78 is 10.7. The van der Waals surface area contributed by atoms with Gasteiger partial charge in [-0.1, -0.05) is 17.7 Å². The van der Waals surface area contributed by atoms with E-state index in [1.807, 2.05) is 39.8 Å². The van der Waals surface area contributed by atoms with Crippen molar-refractivity contribution in [2.45, 2.75) is 33.1 Å². The number of amides is 3. The molecule has 3 aliphatic rings. The molecule has 0 aliphatic carbocycles. The van der Waals surface area contributed by atoms with Gasteiger partial charge in [0.15, 0.2) is 0 Å². The topological polar surface area (TPSA) is 82.6 Å². The Bertz CT molecular complexity index is 1330. The van der Waals surface area contributed by atoms with Crippen molar-refractivity contribution in [2.75, 3.05) is 71.5 Å². The summed E-state index contributed by atoms with van der Waals surface area (Å²) in [6.07, 6.45) is 2.21. The lowest BCUT2D eigenvalue weighted by Gasteiger charge is -2.34. The molecule has 2 aromatic rings. The van der Waals surface area contributed by atoms with E-state index in [2.05, 4.69) is 4.90 Å². The number of carbonyl (C=O) groups excluding carboxylic acids is 3. The Hall–Kier alpha value is -3.30. The SMILES string of the molecule is COc1ccc(C(=O)N2CC3CN(CCCN(C(=O)C4CCN(C(C)=O)CC4)c4ccc(C)c(Cl)c4)CC3C2)c(OC)c1. The zero-order valence-electron chi connectivity index (χ0n) is 25.7. The maximum atomic E-state index is 13.8. The van der Waals surface area contributed by atoms with Gasteiger partial charge in [-0.15, -0.1) is 0 Å². The molecule has 0 saturated carbocycles. The summed E-state index contributed by atoms with van der Waals surface area (Å²) in [5, 5.41) is 0.653. The minimum atomic E-state index is -0.102. The highest BCUT2D eigenvalue weighted by Crippen LogP contribution is 2.34. The number of anilines is 1.